The average Bonchev–Trinajstić information content (AvgIpc) is 3.11. The van der Waals surface area contributed by atoms with Crippen LogP contribution in [0.1, 0.15) is 36.9 Å². The van der Waals surface area contributed by atoms with Crippen LogP contribution in [-0.4, -0.2) is 59.0 Å². The van der Waals surface area contributed by atoms with Crippen molar-refractivity contribution in [3.05, 3.63) is 53.4 Å². The number of halogens is 2. The van der Waals surface area contributed by atoms with Crippen LogP contribution in [0.3, 0.4) is 0 Å². The molecule has 5 rings (SSSR count). The van der Waals surface area contributed by atoms with Crippen molar-refractivity contribution >= 4 is 17.1 Å². The fourth-order valence-electron chi connectivity index (χ4n) is 5.00. The van der Waals surface area contributed by atoms with Crippen molar-refractivity contribution in [3.63, 3.8) is 0 Å². The van der Waals surface area contributed by atoms with Crippen molar-refractivity contribution in [1.29, 1.82) is 0 Å². The zero-order chi connectivity index (χ0) is 23.8. The number of nitrogens with zero attached hydrogens (tertiary/aromatic N) is 3. The molecule has 1 N–H and O–H groups in total. The molecule has 0 radical (unpaired) electrons. The maximum atomic E-state index is 15.4. The van der Waals surface area contributed by atoms with Crippen LogP contribution in [0.2, 0.25) is 0 Å². The van der Waals surface area contributed by atoms with Gasteiger partial charge in [0.25, 0.3) is 0 Å². The zero-order valence-corrected chi connectivity index (χ0v) is 19.6. The number of ketones is 1. The average molecular weight is 469 g/mol. The van der Waals surface area contributed by atoms with Gasteiger partial charge in [-0.05, 0) is 56.6 Å². The van der Waals surface area contributed by atoms with Gasteiger partial charge >= 0.3 is 0 Å². The molecule has 8 heteroatoms. The second kappa shape index (κ2) is 9.43. The molecule has 2 aliphatic rings. The molecule has 1 aromatic carbocycles. The van der Waals surface area contributed by atoms with E-state index >= 15 is 8.78 Å². The molecule has 0 bridgehead atoms. The Labute approximate surface area is 197 Å². The number of carbonyl (C=O) groups is 1. The minimum Gasteiger partial charge on any atom is -0.382 e. The molecule has 1 unspecified atom stereocenters. The van der Waals surface area contributed by atoms with Gasteiger partial charge < -0.3 is 19.4 Å². The van der Waals surface area contributed by atoms with Gasteiger partial charge in [0, 0.05) is 50.3 Å². The monoisotopic (exact) mass is 468 g/mol. The molecule has 3 heterocycles. The lowest BCUT2D eigenvalue weighted by Gasteiger charge is -2.30. The number of aromatic nitrogens is 2. The van der Waals surface area contributed by atoms with Gasteiger partial charge in [-0.1, -0.05) is 0 Å². The van der Waals surface area contributed by atoms with Crippen LogP contribution >= 0.6 is 0 Å². The van der Waals surface area contributed by atoms with Gasteiger partial charge in [-0.15, -0.1) is 0 Å². The normalized spacial score (nSPS) is 20.2. The van der Waals surface area contributed by atoms with Crippen LogP contribution in [0.15, 0.2) is 30.5 Å². The van der Waals surface area contributed by atoms with Gasteiger partial charge in [0.05, 0.1) is 29.7 Å². The molecule has 2 aromatic heterocycles. The van der Waals surface area contributed by atoms with E-state index in [1.165, 1.54) is 12.1 Å². The van der Waals surface area contributed by atoms with E-state index in [1.54, 1.807) is 0 Å². The van der Waals surface area contributed by atoms with Crippen LogP contribution in [0.5, 0.6) is 0 Å². The quantitative estimate of drug-likeness (QED) is 0.602. The number of anilines is 1. The topological polar surface area (TPSA) is 58.9 Å². The van der Waals surface area contributed by atoms with E-state index < -0.39 is 11.6 Å². The highest BCUT2D eigenvalue weighted by atomic mass is 19.1. The molecule has 6 nitrogen and oxygen atoms in total. The number of ether oxygens (including phenoxy) is 1. The van der Waals surface area contributed by atoms with E-state index in [2.05, 4.69) is 15.2 Å². The molecule has 0 spiro atoms. The minimum atomic E-state index is -0.655. The van der Waals surface area contributed by atoms with Crippen molar-refractivity contribution in [2.24, 2.45) is 0 Å². The molecule has 3 aromatic rings. The number of rotatable bonds is 5. The maximum absolute atomic E-state index is 15.4. The van der Waals surface area contributed by atoms with Crippen molar-refractivity contribution < 1.29 is 18.3 Å². The highest BCUT2D eigenvalue weighted by Crippen LogP contribution is 2.33. The van der Waals surface area contributed by atoms with E-state index in [1.807, 2.05) is 36.7 Å². The molecule has 34 heavy (non-hydrogen) atoms. The lowest BCUT2D eigenvalue weighted by molar-refractivity contribution is -0.120. The lowest BCUT2D eigenvalue weighted by atomic mass is 9.94. The molecule has 1 saturated heterocycles. The minimum absolute atomic E-state index is 0.0384. The first-order valence-electron chi connectivity index (χ1n) is 11.9. The van der Waals surface area contributed by atoms with Gasteiger partial charge in [0.2, 0.25) is 0 Å². The number of aryl methyl sites for hydroxylation is 1. The van der Waals surface area contributed by atoms with Crippen LogP contribution < -0.4 is 5.32 Å². The van der Waals surface area contributed by atoms with Crippen LogP contribution in [0.25, 0.3) is 16.9 Å². The van der Waals surface area contributed by atoms with E-state index in [-0.39, 0.29) is 23.5 Å². The Morgan fingerprint density at radius 2 is 1.91 bits per heavy atom. The zero-order valence-electron chi connectivity index (χ0n) is 19.6. The van der Waals surface area contributed by atoms with Crippen molar-refractivity contribution in [1.82, 2.24) is 14.3 Å². The van der Waals surface area contributed by atoms with Gasteiger partial charge in [-0.2, -0.15) is 0 Å². The Bertz CT molecular complexity index is 1190. The van der Waals surface area contributed by atoms with Crippen molar-refractivity contribution in [3.8, 4) is 11.3 Å². The summed E-state index contributed by atoms with van der Waals surface area (Å²) in [4.78, 5) is 18.3. The van der Waals surface area contributed by atoms with E-state index in [0.29, 0.717) is 55.7 Å². The largest absolute Gasteiger partial charge is 0.382 e. The fraction of sp³-hybridized carbons (Fsp3) is 0.462. The number of likely N-dealkylation sites (N-methyl/N-ethyl adjacent to an activating group) is 1. The third-order valence-corrected chi connectivity index (χ3v) is 6.84. The number of imidazole rings is 1. The maximum Gasteiger partial charge on any atom is 0.137 e. The summed E-state index contributed by atoms with van der Waals surface area (Å²) in [6.07, 6.45) is 4.68. The number of benzene rings is 1. The number of hydrogen-bond donors (Lipinski definition) is 1. The number of pyridine rings is 1. The summed E-state index contributed by atoms with van der Waals surface area (Å²) in [5, 5.41) is 3.20. The summed E-state index contributed by atoms with van der Waals surface area (Å²) in [5.41, 5.74) is 2.99. The smallest absolute Gasteiger partial charge is 0.137 e. The number of morpholine rings is 1. The van der Waals surface area contributed by atoms with E-state index in [4.69, 9.17) is 4.74 Å². The van der Waals surface area contributed by atoms with Gasteiger partial charge in [-0.3, -0.25) is 4.79 Å². The molecule has 1 atom stereocenters. The SMILES string of the molecule is Cc1ccn2c(CC3CN(C)CCO3)c(-c3c(F)cc(NC4CCC(=O)CC4)cc3F)nc2c1. The Hall–Kier alpha value is -2.84. The predicted molar refractivity (Wildman–Crippen MR) is 127 cm³/mol. The number of fused-ring (bicyclic) bond motifs is 1. The number of Topliss-reactive ketones (excluding diaryl/α,β-unsaturated/α-hetero) is 1. The van der Waals surface area contributed by atoms with Crippen LogP contribution in [0.4, 0.5) is 14.5 Å². The fourth-order valence-corrected chi connectivity index (χ4v) is 5.00. The van der Waals surface area contributed by atoms with Gasteiger partial charge in [0.15, 0.2) is 0 Å². The molecule has 2 fully saturated rings. The standard InChI is InChI=1S/C26H30F2N4O2/c1-16-7-8-32-23(14-20-15-31(2)9-10-34-20)26(30-24(32)11-16)25-21(27)12-18(13-22(25)28)29-17-3-5-19(33)6-4-17/h7-8,11-13,17,20,29H,3-6,9-10,14-15H2,1-2H3. The second-order valence-corrected chi connectivity index (χ2v) is 9.57. The van der Waals surface area contributed by atoms with E-state index in [0.717, 1.165) is 24.3 Å². The van der Waals surface area contributed by atoms with Crippen LogP contribution in [0, 0.1) is 18.6 Å². The number of nitrogens with one attached hydrogen (secondary N) is 1. The Kier molecular flexibility index (Phi) is 6.36. The molecule has 1 saturated carbocycles. The van der Waals surface area contributed by atoms with Crippen molar-refractivity contribution in [2.45, 2.75) is 51.2 Å². The molecule has 180 valence electrons. The summed E-state index contributed by atoms with van der Waals surface area (Å²) < 4.78 is 38.7. The highest BCUT2D eigenvalue weighted by Gasteiger charge is 2.27. The molecule has 0 amide bonds. The van der Waals surface area contributed by atoms with Crippen molar-refractivity contribution in [2.75, 3.05) is 32.1 Å². The molecular formula is C26H30F2N4O2. The van der Waals surface area contributed by atoms with Gasteiger partial charge in [-0.25, -0.2) is 13.8 Å². The third kappa shape index (κ3) is 4.70. The molecule has 1 aliphatic heterocycles. The summed E-state index contributed by atoms with van der Waals surface area (Å²) >= 11 is 0. The third-order valence-electron chi connectivity index (χ3n) is 6.84. The summed E-state index contributed by atoms with van der Waals surface area (Å²) in [6.45, 7) is 4.20. The van der Waals surface area contributed by atoms with Crippen LogP contribution in [-0.2, 0) is 16.0 Å². The molecular weight excluding hydrogens is 438 g/mol. The predicted octanol–water partition coefficient (Wildman–Crippen LogP) is 4.38. The first-order chi connectivity index (χ1) is 16.4. The Morgan fingerprint density at radius 1 is 1.18 bits per heavy atom. The summed E-state index contributed by atoms with van der Waals surface area (Å²) in [7, 11) is 2.04. The van der Waals surface area contributed by atoms with E-state index in [9.17, 15) is 4.79 Å². The number of carbonyl (C=O) groups excluding carboxylic acids is 1. The first-order valence-corrected chi connectivity index (χ1v) is 11.9. The number of hydrogen-bond acceptors (Lipinski definition) is 5. The first kappa shape index (κ1) is 22.9. The highest BCUT2D eigenvalue weighted by molar-refractivity contribution is 5.79. The summed E-state index contributed by atoms with van der Waals surface area (Å²) in [6, 6.07) is 6.58. The summed E-state index contributed by atoms with van der Waals surface area (Å²) in [5.74, 6) is -1.07. The molecule has 1 aliphatic carbocycles. The second-order valence-electron chi connectivity index (χ2n) is 9.57. The lowest BCUT2D eigenvalue weighted by Crippen LogP contribution is -2.41. The Balaban J connectivity index is 1.50. The van der Waals surface area contributed by atoms with Gasteiger partial charge in [0.1, 0.15) is 23.1 Å². The Morgan fingerprint density at radius 3 is 2.62 bits per heavy atom.